The van der Waals surface area contributed by atoms with Crippen molar-refractivity contribution in [2.75, 3.05) is 11.4 Å². The van der Waals surface area contributed by atoms with Crippen LogP contribution in [-0.2, 0) is 19.7 Å². The third kappa shape index (κ3) is 3.58. The van der Waals surface area contributed by atoms with Crippen molar-refractivity contribution < 1.29 is 9.52 Å². The predicted octanol–water partition coefficient (Wildman–Crippen LogP) is 4.54. The van der Waals surface area contributed by atoms with Gasteiger partial charge in [0, 0.05) is 36.1 Å². The summed E-state index contributed by atoms with van der Waals surface area (Å²) >= 11 is 0. The molecule has 0 bridgehead atoms. The van der Waals surface area contributed by atoms with E-state index in [1.54, 1.807) is 0 Å². The van der Waals surface area contributed by atoms with Crippen molar-refractivity contribution in [3.05, 3.63) is 71.8 Å². The number of oxazole rings is 1. The number of hydrogen-bond acceptors (Lipinski definition) is 6. The van der Waals surface area contributed by atoms with Crippen LogP contribution in [0, 0.1) is 6.92 Å². The smallest absolute Gasteiger partial charge is 0.226 e. The van der Waals surface area contributed by atoms with Gasteiger partial charge in [-0.1, -0.05) is 13.8 Å². The molecular formula is C25H27N5O2. The standard InChI is InChI=1S/C25H27N5O2/c1-16(2)23-21(5-4-10-26-23)24-22-13-29(11-12-30(22)17(3)27-24)20-8-6-18(7-9-20)25-28-19(14-31)15-32-25/h4-10,15-16,31H,11-14H2,1-3H3. The van der Waals surface area contributed by atoms with Crippen molar-refractivity contribution >= 4 is 5.69 Å². The molecule has 0 saturated carbocycles. The summed E-state index contributed by atoms with van der Waals surface area (Å²) in [4.78, 5) is 16.3. The van der Waals surface area contributed by atoms with Crippen molar-refractivity contribution in [1.82, 2.24) is 19.5 Å². The summed E-state index contributed by atoms with van der Waals surface area (Å²) in [7, 11) is 0. The van der Waals surface area contributed by atoms with Crippen molar-refractivity contribution in [2.24, 2.45) is 0 Å². The molecule has 3 aromatic heterocycles. The van der Waals surface area contributed by atoms with Crippen LogP contribution in [0.3, 0.4) is 0 Å². The molecule has 7 heteroatoms. The topological polar surface area (TPSA) is 80.2 Å². The van der Waals surface area contributed by atoms with Crippen LogP contribution in [0.4, 0.5) is 5.69 Å². The molecule has 4 aromatic rings. The Morgan fingerprint density at radius 3 is 2.62 bits per heavy atom. The molecule has 0 radical (unpaired) electrons. The summed E-state index contributed by atoms with van der Waals surface area (Å²) in [6, 6.07) is 12.3. The van der Waals surface area contributed by atoms with E-state index in [0.717, 1.165) is 53.7 Å². The predicted molar refractivity (Wildman–Crippen MR) is 123 cm³/mol. The minimum absolute atomic E-state index is 0.125. The normalized spacial score (nSPS) is 13.6. The van der Waals surface area contributed by atoms with Crippen LogP contribution in [-0.4, -0.2) is 31.2 Å². The van der Waals surface area contributed by atoms with Crippen LogP contribution in [0.2, 0.25) is 0 Å². The first kappa shape index (κ1) is 20.5. The third-order valence-corrected chi connectivity index (χ3v) is 6.03. The fraction of sp³-hybridized carbons (Fsp3) is 0.320. The Labute approximate surface area is 187 Å². The highest BCUT2D eigenvalue weighted by Gasteiger charge is 2.25. The van der Waals surface area contributed by atoms with Crippen molar-refractivity contribution in [1.29, 1.82) is 0 Å². The molecule has 1 aromatic carbocycles. The Hall–Kier alpha value is -3.45. The van der Waals surface area contributed by atoms with Crippen molar-refractivity contribution in [2.45, 2.75) is 46.4 Å². The highest BCUT2D eigenvalue weighted by atomic mass is 16.3. The minimum Gasteiger partial charge on any atom is -0.444 e. The largest absolute Gasteiger partial charge is 0.444 e. The lowest BCUT2D eigenvalue weighted by atomic mass is 10.00. The number of aliphatic hydroxyl groups excluding tert-OH is 1. The zero-order valence-electron chi connectivity index (χ0n) is 18.6. The molecular weight excluding hydrogens is 402 g/mol. The lowest BCUT2D eigenvalue weighted by Crippen LogP contribution is -2.34. The summed E-state index contributed by atoms with van der Waals surface area (Å²) in [5.41, 5.74) is 7.05. The molecule has 4 heterocycles. The second-order valence-corrected chi connectivity index (χ2v) is 8.47. The molecule has 0 unspecified atom stereocenters. The number of anilines is 1. The van der Waals surface area contributed by atoms with E-state index in [4.69, 9.17) is 9.40 Å². The van der Waals surface area contributed by atoms with E-state index < -0.39 is 0 Å². The maximum absolute atomic E-state index is 9.21. The summed E-state index contributed by atoms with van der Waals surface area (Å²) in [6.07, 6.45) is 3.35. The van der Waals surface area contributed by atoms with E-state index >= 15 is 0 Å². The Kier molecular flexibility index (Phi) is 5.27. The molecule has 0 atom stereocenters. The number of hydrogen-bond donors (Lipinski definition) is 1. The molecule has 5 rings (SSSR count). The van der Waals surface area contributed by atoms with Crippen LogP contribution in [0.1, 0.15) is 42.7 Å². The maximum Gasteiger partial charge on any atom is 0.226 e. The van der Waals surface area contributed by atoms with Crippen LogP contribution in [0.5, 0.6) is 0 Å². The average Bonchev–Trinajstić information content (AvgIpc) is 3.44. The van der Waals surface area contributed by atoms with Gasteiger partial charge in [0.1, 0.15) is 17.8 Å². The molecule has 1 aliphatic heterocycles. The minimum atomic E-state index is -0.125. The van der Waals surface area contributed by atoms with E-state index in [0.29, 0.717) is 17.5 Å². The highest BCUT2D eigenvalue weighted by Crippen LogP contribution is 2.34. The molecule has 0 amide bonds. The van der Waals surface area contributed by atoms with E-state index in [9.17, 15) is 5.11 Å². The van der Waals surface area contributed by atoms with Gasteiger partial charge in [-0.2, -0.15) is 0 Å². The zero-order chi connectivity index (χ0) is 22.2. The molecule has 164 valence electrons. The van der Waals surface area contributed by atoms with Gasteiger partial charge in [-0.3, -0.25) is 4.98 Å². The number of rotatable bonds is 5. The monoisotopic (exact) mass is 429 g/mol. The van der Waals surface area contributed by atoms with Gasteiger partial charge in [0.25, 0.3) is 0 Å². The zero-order valence-corrected chi connectivity index (χ0v) is 18.6. The molecule has 0 aliphatic carbocycles. The van der Waals surface area contributed by atoms with Crippen molar-refractivity contribution in [3.63, 3.8) is 0 Å². The average molecular weight is 430 g/mol. The van der Waals surface area contributed by atoms with Gasteiger partial charge >= 0.3 is 0 Å². The second kappa shape index (κ2) is 8.24. The Balaban J connectivity index is 1.45. The molecule has 0 spiro atoms. The van der Waals surface area contributed by atoms with Crippen molar-refractivity contribution in [3.8, 4) is 22.7 Å². The van der Waals surface area contributed by atoms with Gasteiger partial charge in [0.2, 0.25) is 5.89 Å². The first-order valence-corrected chi connectivity index (χ1v) is 11.0. The van der Waals surface area contributed by atoms with E-state index in [1.807, 2.05) is 24.4 Å². The van der Waals surface area contributed by atoms with Crippen LogP contribution in [0.15, 0.2) is 53.3 Å². The molecule has 32 heavy (non-hydrogen) atoms. The van der Waals surface area contributed by atoms with Gasteiger partial charge < -0.3 is 19.0 Å². The number of aromatic nitrogens is 4. The highest BCUT2D eigenvalue weighted by molar-refractivity contribution is 5.67. The first-order chi connectivity index (χ1) is 15.5. The number of aliphatic hydroxyl groups is 1. The Morgan fingerprint density at radius 1 is 1.09 bits per heavy atom. The second-order valence-electron chi connectivity index (χ2n) is 8.47. The lowest BCUT2D eigenvalue weighted by Gasteiger charge is -2.31. The number of aryl methyl sites for hydroxylation is 1. The molecule has 1 aliphatic rings. The number of pyridine rings is 1. The van der Waals surface area contributed by atoms with Gasteiger partial charge in [0.15, 0.2) is 0 Å². The summed E-state index contributed by atoms with van der Waals surface area (Å²) in [5, 5.41) is 9.21. The van der Waals surface area contributed by atoms with Crippen LogP contribution in [0.25, 0.3) is 22.7 Å². The third-order valence-electron chi connectivity index (χ3n) is 6.03. The first-order valence-electron chi connectivity index (χ1n) is 11.0. The van der Waals surface area contributed by atoms with Gasteiger partial charge in [-0.05, 0) is 49.2 Å². The van der Waals surface area contributed by atoms with Gasteiger partial charge in [0.05, 0.1) is 30.2 Å². The molecule has 1 N–H and O–H groups in total. The van der Waals surface area contributed by atoms with Crippen LogP contribution >= 0.6 is 0 Å². The van der Waals surface area contributed by atoms with Crippen LogP contribution < -0.4 is 4.90 Å². The molecule has 7 nitrogen and oxygen atoms in total. The molecule has 0 saturated heterocycles. The summed E-state index contributed by atoms with van der Waals surface area (Å²) < 4.78 is 7.80. The fourth-order valence-electron chi connectivity index (χ4n) is 4.39. The summed E-state index contributed by atoms with van der Waals surface area (Å²) in [5.74, 6) is 1.90. The van der Waals surface area contributed by atoms with E-state index in [-0.39, 0.29) is 6.61 Å². The summed E-state index contributed by atoms with van der Waals surface area (Å²) in [6.45, 7) is 8.90. The maximum atomic E-state index is 9.21. The number of imidazole rings is 1. The Morgan fingerprint density at radius 2 is 1.91 bits per heavy atom. The number of nitrogens with zero attached hydrogens (tertiary/aromatic N) is 5. The SMILES string of the molecule is Cc1nc(-c2cccnc2C(C)C)c2n1CCN(c1ccc(-c3nc(CO)co3)cc1)C2. The number of benzene rings is 1. The lowest BCUT2D eigenvalue weighted by molar-refractivity contribution is 0.276. The fourth-order valence-corrected chi connectivity index (χ4v) is 4.39. The Bertz CT molecular complexity index is 1240. The van der Waals surface area contributed by atoms with E-state index in [2.05, 4.69) is 58.4 Å². The van der Waals surface area contributed by atoms with E-state index in [1.165, 1.54) is 12.0 Å². The van der Waals surface area contributed by atoms with Gasteiger partial charge in [-0.25, -0.2) is 9.97 Å². The number of fused-ring (bicyclic) bond motifs is 1. The quantitative estimate of drug-likeness (QED) is 0.502. The molecule has 0 fully saturated rings. The van der Waals surface area contributed by atoms with Gasteiger partial charge in [-0.15, -0.1) is 0 Å².